The van der Waals surface area contributed by atoms with Crippen LogP contribution in [0, 0.1) is 0 Å². The van der Waals surface area contributed by atoms with Gasteiger partial charge in [0.05, 0.1) is 5.56 Å². The highest BCUT2D eigenvalue weighted by Gasteiger charge is 2.29. The Labute approximate surface area is 178 Å². The van der Waals surface area contributed by atoms with Crippen LogP contribution in [-0.2, 0) is 12.6 Å². The van der Waals surface area contributed by atoms with E-state index in [0.717, 1.165) is 75.8 Å². The van der Waals surface area contributed by atoms with E-state index in [9.17, 15) is 13.2 Å². The lowest BCUT2D eigenvalue weighted by molar-refractivity contribution is -0.137. The van der Waals surface area contributed by atoms with Crippen molar-refractivity contribution in [2.45, 2.75) is 39.3 Å². The Morgan fingerprint density at radius 3 is 2.23 bits per heavy atom. The standard InChI is InChI=1S/C22H36F3N5/c1-3-26-21(27-12-5-6-14-30-17-15-29(4-2)16-18-30)28-13-11-19-7-9-20(10-8-19)22(23,24)25/h7-10H,3-6,11-18H2,1-2H3,(H2,26,27,28). The van der Waals surface area contributed by atoms with Gasteiger partial charge >= 0.3 is 6.18 Å². The van der Waals surface area contributed by atoms with Crippen LogP contribution in [0.25, 0.3) is 0 Å². The van der Waals surface area contributed by atoms with Crippen molar-refractivity contribution < 1.29 is 13.2 Å². The third-order valence-electron chi connectivity index (χ3n) is 5.40. The summed E-state index contributed by atoms with van der Waals surface area (Å²) in [5, 5.41) is 6.49. The van der Waals surface area contributed by atoms with E-state index in [-0.39, 0.29) is 0 Å². The molecule has 0 spiro atoms. The normalized spacial score (nSPS) is 16.6. The fraction of sp³-hybridized carbons (Fsp3) is 0.682. The van der Waals surface area contributed by atoms with Gasteiger partial charge in [0, 0.05) is 45.8 Å². The van der Waals surface area contributed by atoms with E-state index in [0.29, 0.717) is 13.0 Å². The van der Waals surface area contributed by atoms with Crippen molar-refractivity contribution in [1.82, 2.24) is 20.4 Å². The molecule has 1 aromatic carbocycles. The van der Waals surface area contributed by atoms with Crippen LogP contribution in [-0.4, -0.2) is 74.7 Å². The molecular formula is C22H36F3N5. The van der Waals surface area contributed by atoms with Gasteiger partial charge in [-0.1, -0.05) is 19.1 Å². The Morgan fingerprint density at radius 1 is 0.967 bits per heavy atom. The summed E-state index contributed by atoms with van der Waals surface area (Å²) in [6, 6.07) is 5.34. The first-order valence-corrected chi connectivity index (χ1v) is 11.1. The van der Waals surface area contributed by atoms with Gasteiger partial charge in [-0.25, -0.2) is 0 Å². The Hall–Kier alpha value is -1.80. The predicted octanol–water partition coefficient (Wildman–Crippen LogP) is 3.22. The topological polar surface area (TPSA) is 42.9 Å². The van der Waals surface area contributed by atoms with Gasteiger partial charge in [0.2, 0.25) is 0 Å². The van der Waals surface area contributed by atoms with Crippen LogP contribution in [0.4, 0.5) is 13.2 Å². The number of likely N-dealkylation sites (N-methyl/N-ethyl adjacent to an activating group) is 1. The minimum absolute atomic E-state index is 0.610. The maximum atomic E-state index is 12.6. The van der Waals surface area contributed by atoms with Crippen LogP contribution in [0.5, 0.6) is 0 Å². The molecule has 1 fully saturated rings. The molecule has 1 heterocycles. The Bertz CT molecular complexity index is 623. The number of hydrogen-bond acceptors (Lipinski definition) is 3. The van der Waals surface area contributed by atoms with Crippen molar-refractivity contribution in [2.75, 3.05) is 58.9 Å². The molecule has 0 amide bonds. The van der Waals surface area contributed by atoms with Crippen molar-refractivity contribution in [1.29, 1.82) is 0 Å². The van der Waals surface area contributed by atoms with Crippen molar-refractivity contribution in [2.24, 2.45) is 4.99 Å². The highest BCUT2D eigenvalue weighted by Crippen LogP contribution is 2.29. The van der Waals surface area contributed by atoms with E-state index < -0.39 is 11.7 Å². The van der Waals surface area contributed by atoms with E-state index in [1.807, 2.05) is 6.92 Å². The lowest BCUT2D eigenvalue weighted by Gasteiger charge is -2.33. The number of aliphatic imine (C=N–C) groups is 1. The number of alkyl halides is 3. The highest BCUT2D eigenvalue weighted by atomic mass is 19.4. The van der Waals surface area contributed by atoms with Crippen LogP contribution < -0.4 is 10.6 Å². The third kappa shape index (κ3) is 8.92. The SMILES string of the molecule is CCNC(=NCCCCN1CCN(CC)CC1)NCCc1ccc(C(F)(F)F)cc1. The van der Waals surface area contributed by atoms with E-state index in [1.165, 1.54) is 25.2 Å². The van der Waals surface area contributed by atoms with E-state index in [1.54, 1.807) is 0 Å². The van der Waals surface area contributed by atoms with Gasteiger partial charge in [0.1, 0.15) is 0 Å². The first kappa shape index (κ1) is 24.5. The number of unbranched alkanes of at least 4 members (excludes halogenated alkanes) is 1. The van der Waals surface area contributed by atoms with E-state index in [2.05, 4.69) is 32.3 Å². The lowest BCUT2D eigenvalue weighted by atomic mass is 10.1. The Morgan fingerprint density at radius 2 is 1.63 bits per heavy atom. The van der Waals surface area contributed by atoms with Crippen molar-refractivity contribution in [3.8, 4) is 0 Å². The summed E-state index contributed by atoms with van der Waals surface area (Å²) in [6.07, 6.45) is -1.46. The monoisotopic (exact) mass is 427 g/mol. The number of hydrogen-bond donors (Lipinski definition) is 2. The molecule has 170 valence electrons. The zero-order valence-corrected chi connectivity index (χ0v) is 18.3. The molecule has 30 heavy (non-hydrogen) atoms. The van der Waals surface area contributed by atoms with Crippen molar-refractivity contribution >= 4 is 5.96 Å². The maximum absolute atomic E-state index is 12.6. The Kier molecular flexibility index (Phi) is 10.4. The summed E-state index contributed by atoms with van der Waals surface area (Å²) in [6.45, 7) is 13.3. The number of guanidine groups is 1. The first-order chi connectivity index (χ1) is 14.4. The molecular weight excluding hydrogens is 391 g/mol. The minimum Gasteiger partial charge on any atom is -0.357 e. The van der Waals surface area contributed by atoms with E-state index >= 15 is 0 Å². The first-order valence-electron chi connectivity index (χ1n) is 11.1. The predicted molar refractivity (Wildman–Crippen MR) is 117 cm³/mol. The number of nitrogens with one attached hydrogen (secondary N) is 2. The van der Waals surface area contributed by atoms with Gasteiger partial charge in [-0.3, -0.25) is 4.99 Å². The Balaban J connectivity index is 1.65. The maximum Gasteiger partial charge on any atom is 0.416 e. The molecule has 2 N–H and O–H groups in total. The van der Waals surface area contributed by atoms with Crippen LogP contribution >= 0.6 is 0 Å². The smallest absolute Gasteiger partial charge is 0.357 e. The molecule has 2 rings (SSSR count). The third-order valence-corrected chi connectivity index (χ3v) is 5.40. The van der Waals surface area contributed by atoms with Crippen LogP contribution in [0.3, 0.4) is 0 Å². The molecule has 1 aliphatic rings. The molecule has 0 atom stereocenters. The molecule has 1 aliphatic heterocycles. The number of halogens is 3. The molecule has 8 heteroatoms. The summed E-state index contributed by atoms with van der Waals surface area (Å²) >= 11 is 0. The van der Waals surface area contributed by atoms with Gasteiger partial charge in [0.15, 0.2) is 5.96 Å². The van der Waals surface area contributed by atoms with Crippen molar-refractivity contribution in [3.05, 3.63) is 35.4 Å². The molecule has 0 aliphatic carbocycles. The zero-order valence-electron chi connectivity index (χ0n) is 18.3. The quantitative estimate of drug-likeness (QED) is 0.342. The summed E-state index contributed by atoms with van der Waals surface area (Å²) in [4.78, 5) is 9.64. The van der Waals surface area contributed by atoms with Gasteiger partial charge in [0.25, 0.3) is 0 Å². The van der Waals surface area contributed by atoms with Gasteiger partial charge in [-0.05, 0) is 57.0 Å². The number of rotatable bonds is 10. The average Bonchev–Trinajstić information content (AvgIpc) is 2.73. The van der Waals surface area contributed by atoms with Gasteiger partial charge in [-0.15, -0.1) is 0 Å². The lowest BCUT2D eigenvalue weighted by Crippen LogP contribution is -2.46. The number of nitrogens with zero attached hydrogens (tertiary/aromatic N) is 3. The molecule has 5 nitrogen and oxygen atoms in total. The van der Waals surface area contributed by atoms with Crippen LogP contribution in [0.15, 0.2) is 29.3 Å². The number of benzene rings is 1. The van der Waals surface area contributed by atoms with E-state index in [4.69, 9.17) is 0 Å². The second-order valence-corrected chi connectivity index (χ2v) is 7.62. The van der Waals surface area contributed by atoms with Crippen LogP contribution in [0.2, 0.25) is 0 Å². The largest absolute Gasteiger partial charge is 0.416 e. The zero-order chi connectivity index (χ0) is 21.8. The molecule has 0 radical (unpaired) electrons. The second kappa shape index (κ2) is 12.8. The molecule has 0 bridgehead atoms. The summed E-state index contributed by atoms with van der Waals surface area (Å²) in [5.41, 5.74) is 0.260. The fourth-order valence-electron chi connectivity index (χ4n) is 3.49. The fourth-order valence-corrected chi connectivity index (χ4v) is 3.49. The molecule has 0 unspecified atom stereocenters. The second-order valence-electron chi connectivity index (χ2n) is 7.62. The minimum atomic E-state index is -4.29. The molecule has 0 aromatic heterocycles. The summed E-state index contributed by atoms with van der Waals surface area (Å²) in [5.74, 6) is 0.765. The number of piperazine rings is 1. The molecule has 0 saturated carbocycles. The van der Waals surface area contributed by atoms with Gasteiger partial charge in [-0.2, -0.15) is 13.2 Å². The summed E-state index contributed by atoms with van der Waals surface area (Å²) in [7, 11) is 0. The van der Waals surface area contributed by atoms with Crippen molar-refractivity contribution in [3.63, 3.8) is 0 Å². The molecule has 1 aromatic rings. The van der Waals surface area contributed by atoms with Crippen LogP contribution in [0.1, 0.15) is 37.8 Å². The van der Waals surface area contributed by atoms with Gasteiger partial charge < -0.3 is 20.4 Å². The molecule has 1 saturated heterocycles. The summed E-state index contributed by atoms with van der Waals surface area (Å²) < 4.78 is 37.9. The average molecular weight is 428 g/mol. The highest BCUT2D eigenvalue weighted by molar-refractivity contribution is 5.79.